The Morgan fingerprint density at radius 1 is 0.933 bits per heavy atom. The Balaban J connectivity index is 0. The molecule has 0 aliphatic carbocycles. The van der Waals surface area contributed by atoms with E-state index < -0.39 is 8.32 Å². The van der Waals surface area contributed by atoms with Crippen LogP contribution < -0.4 is 0 Å². The first-order valence-electron chi connectivity index (χ1n) is 5.82. The normalized spacial score (nSPS) is 12.4. The molecule has 1 nitrogen and oxygen atoms in total. The Morgan fingerprint density at radius 3 is 1.47 bits per heavy atom. The standard InChI is InChI=1S/C12H27OSi.Li.H/c1-8-9-13-14(10(2)3,11(4)5)12(6)7;;/h10-12H,1,8-9H2,2-7H3;;. The molecule has 0 saturated heterocycles. The van der Waals surface area contributed by atoms with Gasteiger partial charge in [0, 0.05) is 6.61 Å². The van der Waals surface area contributed by atoms with Crippen LogP contribution in [0.3, 0.4) is 0 Å². The van der Waals surface area contributed by atoms with Gasteiger partial charge in [0.25, 0.3) is 0 Å². The Hall–Kier alpha value is 0.774. The second-order valence-corrected chi connectivity index (χ2v) is 10.5. The van der Waals surface area contributed by atoms with Gasteiger partial charge in [0.15, 0.2) is 8.32 Å². The predicted octanol–water partition coefficient (Wildman–Crippen LogP) is 3.75. The predicted molar refractivity (Wildman–Crippen MR) is 74.1 cm³/mol. The Morgan fingerprint density at radius 2 is 1.27 bits per heavy atom. The SMILES string of the molecule is [CH2]CCO[Si](C(C)C)(C(C)C)C(C)C.[LiH]. The Labute approximate surface area is 110 Å². The zero-order valence-electron chi connectivity index (χ0n) is 10.8. The Kier molecular flexibility index (Phi) is 9.62. The van der Waals surface area contributed by atoms with Crippen molar-refractivity contribution in [3.63, 3.8) is 0 Å². The van der Waals surface area contributed by atoms with Crippen molar-refractivity contribution < 1.29 is 4.43 Å². The molecule has 0 heterocycles. The monoisotopic (exact) mass is 223 g/mol. The fraction of sp³-hybridized carbons (Fsp3) is 0.917. The number of hydrogen-bond acceptors (Lipinski definition) is 1. The van der Waals surface area contributed by atoms with Crippen molar-refractivity contribution in [1.29, 1.82) is 0 Å². The quantitative estimate of drug-likeness (QED) is 0.623. The molecule has 3 heteroatoms. The molecule has 87 valence electrons. The molecule has 0 saturated carbocycles. The summed E-state index contributed by atoms with van der Waals surface area (Å²) in [7, 11) is -1.59. The van der Waals surface area contributed by atoms with E-state index >= 15 is 0 Å². The van der Waals surface area contributed by atoms with E-state index in [1.54, 1.807) is 0 Å². The summed E-state index contributed by atoms with van der Waals surface area (Å²) in [5.74, 6) is 0. The van der Waals surface area contributed by atoms with E-state index in [1.807, 2.05) is 0 Å². The molecule has 0 rings (SSSR count). The molecule has 0 fully saturated rings. The number of rotatable bonds is 6. The van der Waals surface area contributed by atoms with Crippen molar-refractivity contribution in [1.82, 2.24) is 0 Å². The van der Waals surface area contributed by atoms with Gasteiger partial charge < -0.3 is 4.43 Å². The molecule has 0 N–H and O–H groups in total. The van der Waals surface area contributed by atoms with Crippen LogP contribution in [0.15, 0.2) is 0 Å². The van der Waals surface area contributed by atoms with E-state index in [0.717, 1.165) is 13.0 Å². The number of hydrogen-bond donors (Lipinski definition) is 0. The average molecular weight is 223 g/mol. The molecule has 1 radical (unpaired) electrons. The van der Waals surface area contributed by atoms with Crippen LogP contribution in [0, 0.1) is 6.92 Å². The van der Waals surface area contributed by atoms with Crippen molar-refractivity contribution in [2.45, 2.75) is 64.6 Å². The van der Waals surface area contributed by atoms with Crippen LogP contribution >= 0.6 is 0 Å². The summed E-state index contributed by atoms with van der Waals surface area (Å²) in [6, 6.07) is 0. The van der Waals surface area contributed by atoms with Gasteiger partial charge in [-0.1, -0.05) is 48.5 Å². The van der Waals surface area contributed by atoms with Gasteiger partial charge in [-0.3, -0.25) is 0 Å². The van der Waals surface area contributed by atoms with Crippen molar-refractivity contribution in [2.24, 2.45) is 0 Å². The van der Waals surface area contributed by atoms with Crippen molar-refractivity contribution >= 4 is 27.2 Å². The summed E-state index contributed by atoms with van der Waals surface area (Å²) in [5.41, 5.74) is 2.07. The van der Waals surface area contributed by atoms with Gasteiger partial charge >= 0.3 is 18.9 Å². The third-order valence-corrected chi connectivity index (χ3v) is 9.32. The summed E-state index contributed by atoms with van der Waals surface area (Å²) in [6.45, 7) is 18.6. The molecule has 0 aromatic carbocycles. The van der Waals surface area contributed by atoms with E-state index in [9.17, 15) is 0 Å². The van der Waals surface area contributed by atoms with Gasteiger partial charge in [-0.05, 0) is 23.0 Å². The first kappa shape index (κ1) is 18.1. The van der Waals surface area contributed by atoms with Crippen LogP contribution in [-0.4, -0.2) is 33.8 Å². The van der Waals surface area contributed by atoms with E-state index in [1.165, 1.54) is 0 Å². The molecule has 0 aromatic rings. The summed E-state index contributed by atoms with van der Waals surface area (Å²) in [4.78, 5) is 0. The van der Waals surface area contributed by atoms with E-state index in [4.69, 9.17) is 4.43 Å². The van der Waals surface area contributed by atoms with Gasteiger partial charge in [-0.15, -0.1) is 0 Å². The van der Waals surface area contributed by atoms with Crippen LogP contribution in [0.1, 0.15) is 48.0 Å². The van der Waals surface area contributed by atoms with Crippen molar-refractivity contribution in [2.75, 3.05) is 6.61 Å². The third-order valence-electron chi connectivity index (χ3n) is 3.20. The third kappa shape index (κ3) is 4.27. The molecule has 15 heavy (non-hydrogen) atoms. The van der Waals surface area contributed by atoms with E-state index in [0.29, 0.717) is 16.6 Å². The molecule has 0 aromatic heterocycles. The van der Waals surface area contributed by atoms with Gasteiger partial charge in [0.05, 0.1) is 0 Å². The van der Waals surface area contributed by atoms with Crippen LogP contribution in [0.4, 0.5) is 0 Å². The minimum atomic E-state index is -1.59. The summed E-state index contributed by atoms with van der Waals surface area (Å²) < 4.78 is 6.24. The Bertz CT molecular complexity index is 136. The molecule has 0 spiro atoms. The fourth-order valence-corrected chi connectivity index (χ4v) is 8.25. The van der Waals surface area contributed by atoms with Gasteiger partial charge in [0.2, 0.25) is 0 Å². The van der Waals surface area contributed by atoms with Crippen LogP contribution in [0.5, 0.6) is 0 Å². The van der Waals surface area contributed by atoms with Gasteiger partial charge in [-0.2, -0.15) is 0 Å². The summed E-state index contributed by atoms with van der Waals surface area (Å²) in [5, 5.41) is 0. The van der Waals surface area contributed by atoms with E-state index in [-0.39, 0.29) is 18.9 Å². The first-order chi connectivity index (χ1) is 6.39. The average Bonchev–Trinajstić information content (AvgIpc) is 2.03. The fourth-order valence-electron chi connectivity index (χ4n) is 2.75. The maximum absolute atomic E-state index is 6.24. The molecule has 0 amide bonds. The second kappa shape index (κ2) is 7.95. The zero-order chi connectivity index (χ0) is 11.4. The molecule has 0 unspecified atom stereocenters. The van der Waals surface area contributed by atoms with Crippen LogP contribution in [0.2, 0.25) is 16.6 Å². The van der Waals surface area contributed by atoms with Gasteiger partial charge in [-0.25, -0.2) is 0 Å². The second-order valence-electron chi connectivity index (χ2n) is 5.02. The molecule has 0 bridgehead atoms. The van der Waals surface area contributed by atoms with Gasteiger partial charge in [0.1, 0.15) is 0 Å². The van der Waals surface area contributed by atoms with Crippen LogP contribution in [0.25, 0.3) is 0 Å². The molecule has 0 atom stereocenters. The van der Waals surface area contributed by atoms with E-state index in [2.05, 4.69) is 48.5 Å². The van der Waals surface area contributed by atoms with Crippen LogP contribution in [-0.2, 0) is 4.43 Å². The first-order valence-corrected chi connectivity index (χ1v) is 7.96. The van der Waals surface area contributed by atoms with Crippen molar-refractivity contribution in [3.05, 3.63) is 6.92 Å². The molecular weight excluding hydrogens is 195 g/mol. The summed E-state index contributed by atoms with van der Waals surface area (Å²) >= 11 is 0. The van der Waals surface area contributed by atoms with Crippen molar-refractivity contribution in [3.8, 4) is 0 Å². The summed E-state index contributed by atoms with van der Waals surface area (Å²) in [6.07, 6.45) is 0.890. The minimum absolute atomic E-state index is 0. The molecule has 0 aliphatic heterocycles. The maximum atomic E-state index is 6.24. The molecule has 0 aliphatic rings. The molecular formula is C12H28LiOSi. The zero-order valence-corrected chi connectivity index (χ0v) is 11.8. The topological polar surface area (TPSA) is 9.23 Å².